The number of rotatable bonds is 2. The average molecular weight is 323 g/mol. The van der Waals surface area contributed by atoms with Crippen molar-refractivity contribution in [1.29, 1.82) is 0 Å². The van der Waals surface area contributed by atoms with E-state index >= 15 is 0 Å². The first-order valence-electron chi connectivity index (χ1n) is 7.73. The molecule has 4 rings (SSSR count). The van der Waals surface area contributed by atoms with Gasteiger partial charge in [0.1, 0.15) is 5.69 Å². The molecule has 8 heteroatoms. The molecule has 0 fully saturated rings. The maximum atomic E-state index is 12.8. The summed E-state index contributed by atoms with van der Waals surface area (Å²) >= 11 is 0. The first-order valence-corrected chi connectivity index (χ1v) is 7.73. The Morgan fingerprint density at radius 2 is 2.17 bits per heavy atom. The van der Waals surface area contributed by atoms with Gasteiger partial charge in [-0.3, -0.25) is 9.20 Å². The second kappa shape index (κ2) is 5.55. The molecule has 4 heterocycles. The molecule has 0 saturated carbocycles. The summed E-state index contributed by atoms with van der Waals surface area (Å²) in [5.41, 5.74) is 2.41. The average Bonchev–Trinajstić information content (AvgIpc) is 3.04. The minimum Gasteiger partial charge on any atom is -0.361 e. The van der Waals surface area contributed by atoms with Crippen LogP contribution >= 0.6 is 0 Å². The lowest BCUT2D eigenvalue weighted by molar-refractivity contribution is 0.0728. The van der Waals surface area contributed by atoms with Crippen molar-refractivity contribution in [1.82, 2.24) is 29.5 Å². The largest absolute Gasteiger partial charge is 0.361 e. The first-order chi connectivity index (χ1) is 11.6. The molecule has 0 unspecified atom stereocenters. The van der Waals surface area contributed by atoms with Gasteiger partial charge in [0, 0.05) is 52.2 Å². The molecular formula is C16H17N7O. The summed E-state index contributed by atoms with van der Waals surface area (Å²) in [5.74, 6) is 1.23. The van der Waals surface area contributed by atoms with Crippen molar-refractivity contribution in [2.45, 2.75) is 13.0 Å². The van der Waals surface area contributed by atoms with Crippen molar-refractivity contribution in [3.8, 4) is 0 Å². The van der Waals surface area contributed by atoms with Gasteiger partial charge in [-0.05, 0) is 17.7 Å². The Kier molecular flexibility index (Phi) is 3.37. The molecule has 0 spiro atoms. The molecule has 1 amide bonds. The van der Waals surface area contributed by atoms with Crippen LogP contribution in [0.4, 0.5) is 5.82 Å². The number of hydrogen-bond acceptors (Lipinski definition) is 6. The Morgan fingerprint density at radius 1 is 1.29 bits per heavy atom. The number of imidazole rings is 1. The van der Waals surface area contributed by atoms with Crippen LogP contribution in [0.1, 0.15) is 21.7 Å². The maximum Gasteiger partial charge on any atom is 0.274 e. The second-order valence-corrected chi connectivity index (χ2v) is 6.00. The molecule has 1 aliphatic heterocycles. The fourth-order valence-corrected chi connectivity index (χ4v) is 2.80. The first kappa shape index (κ1) is 14.6. The van der Waals surface area contributed by atoms with E-state index in [1.54, 1.807) is 21.7 Å². The Morgan fingerprint density at radius 3 is 2.96 bits per heavy atom. The van der Waals surface area contributed by atoms with Gasteiger partial charge in [-0.2, -0.15) is 5.10 Å². The molecule has 0 aromatic carbocycles. The normalized spacial score (nSPS) is 13.8. The highest BCUT2D eigenvalue weighted by molar-refractivity contribution is 5.92. The zero-order valence-corrected chi connectivity index (χ0v) is 13.5. The molecule has 0 bridgehead atoms. The van der Waals surface area contributed by atoms with E-state index in [1.807, 2.05) is 37.3 Å². The minimum absolute atomic E-state index is 0.0886. The maximum absolute atomic E-state index is 12.8. The highest BCUT2D eigenvalue weighted by Gasteiger charge is 2.25. The third-order valence-electron chi connectivity index (χ3n) is 4.13. The predicted molar refractivity (Wildman–Crippen MR) is 87.8 cm³/mol. The van der Waals surface area contributed by atoms with E-state index in [0.717, 1.165) is 17.1 Å². The van der Waals surface area contributed by atoms with Crippen LogP contribution in [0.25, 0.3) is 5.78 Å². The minimum atomic E-state index is -0.0886. The van der Waals surface area contributed by atoms with Gasteiger partial charge in [0.25, 0.3) is 5.91 Å². The van der Waals surface area contributed by atoms with Crippen molar-refractivity contribution in [2.24, 2.45) is 0 Å². The van der Waals surface area contributed by atoms with E-state index in [-0.39, 0.29) is 5.91 Å². The Balaban J connectivity index is 1.61. The van der Waals surface area contributed by atoms with Crippen LogP contribution in [0.15, 0.2) is 30.7 Å². The molecule has 0 radical (unpaired) electrons. The van der Waals surface area contributed by atoms with Crippen LogP contribution in [-0.2, 0) is 13.0 Å². The van der Waals surface area contributed by atoms with Gasteiger partial charge in [-0.1, -0.05) is 0 Å². The van der Waals surface area contributed by atoms with E-state index in [9.17, 15) is 4.79 Å². The van der Waals surface area contributed by atoms with E-state index in [1.165, 1.54) is 0 Å². The Bertz CT molecular complexity index is 885. The molecule has 0 N–H and O–H groups in total. The van der Waals surface area contributed by atoms with Crippen LogP contribution in [0, 0.1) is 0 Å². The summed E-state index contributed by atoms with van der Waals surface area (Å²) in [6.45, 7) is 1.13. The molecule has 0 atom stereocenters. The topological polar surface area (TPSA) is 79.5 Å². The molecule has 122 valence electrons. The molecule has 24 heavy (non-hydrogen) atoms. The smallest absolute Gasteiger partial charge is 0.274 e. The second-order valence-electron chi connectivity index (χ2n) is 6.00. The van der Waals surface area contributed by atoms with Gasteiger partial charge in [0.05, 0.1) is 5.69 Å². The summed E-state index contributed by atoms with van der Waals surface area (Å²) in [6, 6.07) is 3.80. The monoisotopic (exact) mass is 323 g/mol. The van der Waals surface area contributed by atoms with E-state index < -0.39 is 0 Å². The van der Waals surface area contributed by atoms with Crippen LogP contribution in [0.2, 0.25) is 0 Å². The highest BCUT2D eigenvalue weighted by atomic mass is 16.2. The third-order valence-corrected chi connectivity index (χ3v) is 4.13. The number of carbonyl (C=O) groups excluding carboxylic acids is 1. The van der Waals surface area contributed by atoms with Gasteiger partial charge in [-0.25, -0.2) is 9.97 Å². The fraction of sp³-hybridized carbons (Fsp3) is 0.312. The zero-order valence-electron chi connectivity index (χ0n) is 13.5. The van der Waals surface area contributed by atoms with Gasteiger partial charge in [0.15, 0.2) is 5.82 Å². The number of carbonyl (C=O) groups is 1. The number of aromatic nitrogens is 5. The van der Waals surface area contributed by atoms with Gasteiger partial charge in [-0.15, -0.1) is 5.10 Å². The lowest BCUT2D eigenvalue weighted by Gasteiger charge is -2.28. The highest BCUT2D eigenvalue weighted by Crippen LogP contribution is 2.21. The number of amides is 1. The van der Waals surface area contributed by atoms with Crippen LogP contribution < -0.4 is 4.90 Å². The molecule has 0 saturated heterocycles. The molecule has 0 aliphatic carbocycles. The van der Waals surface area contributed by atoms with E-state index in [0.29, 0.717) is 31.0 Å². The quantitative estimate of drug-likeness (QED) is 0.693. The lowest BCUT2D eigenvalue weighted by Crippen LogP contribution is -2.36. The van der Waals surface area contributed by atoms with Crippen LogP contribution in [0.3, 0.4) is 0 Å². The number of fused-ring (bicyclic) bond motifs is 2. The molecule has 1 aliphatic rings. The van der Waals surface area contributed by atoms with Gasteiger partial charge < -0.3 is 9.80 Å². The van der Waals surface area contributed by atoms with Crippen molar-refractivity contribution < 1.29 is 4.79 Å². The van der Waals surface area contributed by atoms with E-state index in [2.05, 4.69) is 20.2 Å². The Labute approximate surface area is 138 Å². The molecule has 3 aromatic heterocycles. The summed E-state index contributed by atoms with van der Waals surface area (Å²) in [6.07, 6.45) is 5.91. The summed E-state index contributed by atoms with van der Waals surface area (Å²) in [4.78, 5) is 24.9. The summed E-state index contributed by atoms with van der Waals surface area (Å²) in [7, 11) is 3.84. The zero-order chi connectivity index (χ0) is 16.7. The number of hydrogen-bond donors (Lipinski definition) is 0. The number of anilines is 1. The van der Waals surface area contributed by atoms with Crippen molar-refractivity contribution in [3.63, 3.8) is 0 Å². The molecule has 8 nitrogen and oxygen atoms in total. The van der Waals surface area contributed by atoms with Gasteiger partial charge >= 0.3 is 0 Å². The number of nitrogens with zero attached hydrogens (tertiary/aromatic N) is 7. The van der Waals surface area contributed by atoms with Crippen molar-refractivity contribution in [3.05, 3.63) is 47.7 Å². The fourth-order valence-electron chi connectivity index (χ4n) is 2.80. The van der Waals surface area contributed by atoms with Crippen molar-refractivity contribution in [2.75, 3.05) is 25.5 Å². The van der Waals surface area contributed by atoms with E-state index in [4.69, 9.17) is 0 Å². The van der Waals surface area contributed by atoms with Gasteiger partial charge in [0.2, 0.25) is 5.78 Å². The van der Waals surface area contributed by atoms with Crippen molar-refractivity contribution >= 4 is 17.5 Å². The predicted octanol–water partition coefficient (Wildman–Crippen LogP) is 0.784. The lowest BCUT2D eigenvalue weighted by atomic mass is 10.1. The summed E-state index contributed by atoms with van der Waals surface area (Å²) < 4.78 is 1.75. The van der Waals surface area contributed by atoms with Crippen LogP contribution in [0.5, 0.6) is 0 Å². The Hall–Kier alpha value is -3.03. The SMILES string of the molecule is CN(C)c1cc2c(nn1)CCN(C(=O)c1cn3cccnc3n1)C2. The van der Waals surface area contributed by atoms with Crippen LogP contribution in [-0.4, -0.2) is 56.0 Å². The standard InChI is InChI=1S/C16H17N7O/c1-21(2)14-8-11-9-22(7-4-12(11)19-20-14)15(24)13-10-23-6-3-5-17-16(23)18-13/h3,5-6,8,10H,4,7,9H2,1-2H3. The molecular weight excluding hydrogens is 306 g/mol. The molecule has 3 aromatic rings. The third kappa shape index (κ3) is 2.45. The summed E-state index contributed by atoms with van der Waals surface area (Å²) in [5, 5.41) is 8.48.